The molecule has 136 valence electrons. The molecule has 1 aliphatic rings. The predicted molar refractivity (Wildman–Crippen MR) is 94.4 cm³/mol. The normalized spacial score (nSPS) is 23.0. The quantitative estimate of drug-likeness (QED) is 0.829. The Morgan fingerprint density at radius 3 is 2.26 bits per heavy atom. The fourth-order valence-electron chi connectivity index (χ4n) is 3.74. The molecule has 0 aromatic rings. The molecule has 1 unspecified atom stereocenters. The summed E-state index contributed by atoms with van der Waals surface area (Å²) >= 11 is 0. The highest BCUT2D eigenvalue weighted by atomic mass is 16.6. The smallest absolute Gasteiger partial charge is 0.410 e. The van der Waals surface area contributed by atoms with Gasteiger partial charge in [0.25, 0.3) is 0 Å². The molecule has 23 heavy (non-hydrogen) atoms. The maximum absolute atomic E-state index is 12.5. The van der Waals surface area contributed by atoms with Crippen LogP contribution in [-0.4, -0.2) is 40.4 Å². The first-order valence-corrected chi connectivity index (χ1v) is 8.85. The van der Waals surface area contributed by atoms with Gasteiger partial charge in [-0.2, -0.15) is 0 Å². The average Bonchev–Trinajstić information content (AvgIpc) is 2.59. The third kappa shape index (κ3) is 6.70. The summed E-state index contributed by atoms with van der Waals surface area (Å²) < 4.78 is 5.56. The highest BCUT2D eigenvalue weighted by Gasteiger charge is 2.43. The van der Waals surface area contributed by atoms with Crippen LogP contribution in [0.1, 0.15) is 74.7 Å². The Kier molecular flexibility index (Phi) is 6.17. The molecule has 0 aliphatic carbocycles. The summed E-state index contributed by atoms with van der Waals surface area (Å²) in [4.78, 5) is 14.3. The molecule has 0 bridgehead atoms. The van der Waals surface area contributed by atoms with Crippen LogP contribution >= 0.6 is 0 Å². The van der Waals surface area contributed by atoms with Crippen LogP contribution in [0, 0.1) is 17.3 Å². The second kappa shape index (κ2) is 7.00. The van der Waals surface area contributed by atoms with E-state index in [9.17, 15) is 9.90 Å². The number of likely N-dealkylation sites (tertiary alicyclic amines) is 1. The van der Waals surface area contributed by atoms with Gasteiger partial charge in [-0.3, -0.25) is 0 Å². The van der Waals surface area contributed by atoms with E-state index >= 15 is 0 Å². The summed E-state index contributed by atoms with van der Waals surface area (Å²) in [5.41, 5.74) is -0.438. The molecular formula is C19H37NO3. The number of hydrogen-bond acceptors (Lipinski definition) is 3. The Labute approximate surface area is 142 Å². The minimum Gasteiger partial charge on any atom is -0.444 e. The molecule has 1 heterocycles. The van der Waals surface area contributed by atoms with Gasteiger partial charge < -0.3 is 14.7 Å². The third-order valence-corrected chi connectivity index (χ3v) is 4.40. The summed E-state index contributed by atoms with van der Waals surface area (Å²) in [5, 5.41) is 9.70. The van der Waals surface area contributed by atoms with Crippen molar-refractivity contribution in [1.29, 1.82) is 0 Å². The van der Waals surface area contributed by atoms with E-state index < -0.39 is 5.60 Å². The summed E-state index contributed by atoms with van der Waals surface area (Å²) in [5.74, 6) is 0.728. The van der Waals surface area contributed by atoms with Crippen molar-refractivity contribution in [1.82, 2.24) is 4.90 Å². The molecule has 1 saturated heterocycles. The second-order valence-electron chi connectivity index (χ2n) is 10.0. The van der Waals surface area contributed by atoms with Crippen LogP contribution in [0.4, 0.5) is 4.79 Å². The molecule has 1 N–H and O–H groups in total. The van der Waals surface area contributed by atoms with E-state index in [4.69, 9.17) is 4.74 Å². The van der Waals surface area contributed by atoms with E-state index in [1.807, 2.05) is 25.7 Å². The molecule has 0 radical (unpaired) electrons. The van der Waals surface area contributed by atoms with Gasteiger partial charge in [0.15, 0.2) is 0 Å². The monoisotopic (exact) mass is 327 g/mol. The van der Waals surface area contributed by atoms with Gasteiger partial charge in [0.05, 0.1) is 0 Å². The number of rotatable bonds is 4. The zero-order valence-corrected chi connectivity index (χ0v) is 16.4. The van der Waals surface area contributed by atoms with Crippen molar-refractivity contribution in [3.63, 3.8) is 0 Å². The molecule has 4 heteroatoms. The lowest BCUT2D eigenvalue weighted by atomic mass is 9.80. The molecule has 1 fully saturated rings. The number of hydrogen-bond donors (Lipinski definition) is 1. The van der Waals surface area contributed by atoms with Crippen LogP contribution in [0.25, 0.3) is 0 Å². The second-order valence-corrected chi connectivity index (χ2v) is 10.0. The fraction of sp³-hybridized carbons (Fsp3) is 0.947. The third-order valence-electron chi connectivity index (χ3n) is 4.40. The number of nitrogens with zero attached hydrogens (tertiary/aromatic N) is 1. The Morgan fingerprint density at radius 1 is 1.26 bits per heavy atom. The number of carbonyl (C=O) groups excluding carboxylic acids is 1. The summed E-state index contributed by atoms with van der Waals surface area (Å²) in [6.45, 7) is 17.5. The molecule has 4 nitrogen and oxygen atoms in total. The average molecular weight is 328 g/mol. The van der Waals surface area contributed by atoms with E-state index in [1.54, 1.807) is 0 Å². The standard InChI is InChI=1S/C19H37NO3/c1-17(2,3)10-15(13-21)9-14-11-19(7,8)20(12-14)16(22)23-18(4,5)6/h14-15,21H,9-13H2,1-8H3/t14-,15?/m0/s1. The Balaban J connectivity index is 2.70. The maximum atomic E-state index is 12.5. The summed E-state index contributed by atoms with van der Waals surface area (Å²) in [6.07, 6.45) is 2.72. The van der Waals surface area contributed by atoms with Crippen molar-refractivity contribution >= 4 is 6.09 Å². The van der Waals surface area contributed by atoms with Crippen LogP contribution < -0.4 is 0 Å². The minimum atomic E-state index is -0.467. The van der Waals surface area contributed by atoms with E-state index in [0.29, 0.717) is 11.8 Å². The van der Waals surface area contributed by atoms with E-state index in [1.165, 1.54) is 0 Å². The molecule has 0 aromatic carbocycles. The van der Waals surface area contributed by atoms with Gasteiger partial charge in [-0.25, -0.2) is 4.79 Å². The molecule has 1 rings (SSSR count). The molecule has 0 saturated carbocycles. The van der Waals surface area contributed by atoms with Gasteiger partial charge in [-0.15, -0.1) is 0 Å². The van der Waals surface area contributed by atoms with Gasteiger partial charge in [0.2, 0.25) is 0 Å². The number of carbonyl (C=O) groups is 1. The molecule has 1 aliphatic heterocycles. The van der Waals surface area contributed by atoms with Crippen LogP contribution in [0.3, 0.4) is 0 Å². The largest absolute Gasteiger partial charge is 0.444 e. The number of aliphatic hydroxyl groups excluding tert-OH is 1. The minimum absolute atomic E-state index is 0.186. The maximum Gasteiger partial charge on any atom is 0.410 e. The summed E-state index contributed by atoms with van der Waals surface area (Å²) in [6, 6.07) is 0. The first kappa shape index (κ1) is 20.3. The first-order valence-electron chi connectivity index (χ1n) is 8.85. The van der Waals surface area contributed by atoms with Crippen molar-refractivity contribution in [3.8, 4) is 0 Å². The van der Waals surface area contributed by atoms with E-state index in [0.717, 1.165) is 25.8 Å². The lowest BCUT2D eigenvalue weighted by molar-refractivity contribution is 0.0129. The summed E-state index contributed by atoms with van der Waals surface area (Å²) in [7, 11) is 0. The van der Waals surface area contributed by atoms with Crippen LogP contribution in [0.5, 0.6) is 0 Å². The van der Waals surface area contributed by atoms with Crippen molar-refractivity contribution in [2.45, 2.75) is 85.8 Å². The molecule has 1 amide bonds. The van der Waals surface area contributed by atoms with Crippen LogP contribution in [-0.2, 0) is 4.74 Å². The van der Waals surface area contributed by atoms with Gasteiger partial charge in [0.1, 0.15) is 5.60 Å². The van der Waals surface area contributed by atoms with Crippen molar-refractivity contribution < 1.29 is 14.6 Å². The van der Waals surface area contributed by atoms with Gasteiger partial charge in [-0.05, 0) is 71.1 Å². The SMILES string of the molecule is CC(C)(C)CC(CO)C[C@@H]1CN(C(=O)OC(C)(C)C)C(C)(C)C1. The molecule has 0 spiro atoms. The van der Waals surface area contributed by atoms with E-state index in [2.05, 4.69) is 34.6 Å². The van der Waals surface area contributed by atoms with Gasteiger partial charge >= 0.3 is 6.09 Å². The highest BCUT2D eigenvalue weighted by molar-refractivity contribution is 5.69. The Morgan fingerprint density at radius 2 is 1.83 bits per heavy atom. The van der Waals surface area contributed by atoms with Gasteiger partial charge in [0, 0.05) is 18.7 Å². The van der Waals surface area contributed by atoms with E-state index in [-0.39, 0.29) is 23.7 Å². The van der Waals surface area contributed by atoms with Crippen LogP contribution in [0.2, 0.25) is 0 Å². The Bertz CT molecular complexity index is 404. The Hall–Kier alpha value is -0.770. The van der Waals surface area contributed by atoms with Crippen molar-refractivity contribution in [2.24, 2.45) is 17.3 Å². The molecule has 0 aromatic heterocycles. The number of amides is 1. The zero-order chi connectivity index (χ0) is 18.1. The number of ether oxygens (including phenoxy) is 1. The lowest BCUT2D eigenvalue weighted by Crippen LogP contribution is -2.45. The van der Waals surface area contributed by atoms with Crippen molar-refractivity contribution in [2.75, 3.05) is 13.2 Å². The molecular weight excluding hydrogens is 290 g/mol. The fourth-order valence-corrected chi connectivity index (χ4v) is 3.74. The van der Waals surface area contributed by atoms with Crippen LogP contribution in [0.15, 0.2) is 0 Å². The predicted octanol–water partition coefficient (Wildman–Crippen LogP) is 4.46. The molecule has 2 atom stereocenters. The number of aliphatic hydroxyl groups is 1. The van der Waals surface area contributed by atoms with Gasteiger partial charge in [-0.1, -0.05) is 20.8 Å². The zero-order valence-electron chi connectivity index (χ0n) is 16.4. The highest BCUT2D eigenvalue weighted by Crippen LogP contribution is 2.38. The first-order chi connectivity index (χ1) is 10.2. The topological polar surface area (TPSA) is 49.8 Å². The lowest BCUT2D eigenvalue weighted by Gasteiger charge is -2.33. The van der Waals surface area contributed by atoms with Crippen molar-refractivity contribution in [3.05, 3.63) is 0 Å².